The van der Waals surface area contributed by atoms with Crippen LogP contribution in [0.3, 0.4) is 0 Å². The Morgan fingerprint density at radius 3 is 2.15 bits per heavy atom. The van der Waals surface area contributed by atoms with Gasteiger partial charge in [0.15, 0.2) is 5.43 Å². The van der Waals surface area contributed by atoms with Crippen molar-refractivity contribution in [3.05, 3.63) is 110 Å². The standard InChI is InChI=1S/C46H39ClF3N3O12/c1-2-62-38-24-40-33(22-32(38)27-18-26(25-51)19-28(20-27)46(48,49)50)36(54)23-39(65-40)30-7-6-29(21-34(30)47)63-16-14-60-12-10-59-11-13-61-15-17-64-37-5-3-4-31-42(37)45(58)53(44(31)57)35-8-9-41(55)52-43(35)56/h3-7,18-24,35H,2,8-17H2,1H3,(H,52,55,56). The largest absolute Gasteiger partial charge is 0.493 e. The molecule has 0 spiro atoms. The van der Waals surface area contributed by atoms with Crippen molar-refractivity contribution in [2.45, 2.75) is 32.0 Å². The van der Waals surface area contributed by atoms with Gasteiger partial charge in [-0.25, -0.2) is 0 Å². The van der Waals surface area contributed by atoms with Crippen LogP contribution in [0.4, 0.5) is 13.2 Å². The first-order chi connectivity index (χ1) is 31.3. The van der Waals surface area contributed by atoms with Crippen molar-refractivity contribution in [2.24, 2.45) is 0 Å². The maximum Gasteiger partial charge on any atom is 0.416 e. The summed E-state index contributed by atoms with van der Waals surface area (Å²) >= 11 is 6.59. The molecular weight excluding hydrogens is 879 g/mol. The van der Waals surface area contributed by atoms with Crippen LogP contribution >= 0.6 is 11.6 Å². The summed E-state index contributed by atoms with van der Waals surface area (Å²) in [5, 5.41) is 11.9. The Morgan fingerprint density at radius 1 is 0.785 bits per heavy atom. The van der Waals surface area contributed by atoms with E-state index in [0.29, 0.717) is 11.3 Å². The second-order valence-electron chi connectivity index (χ2n) is 14.5. The van der Waals surface area contributed by atoms with Crippen molar-refractivity contribution in [2.75, 3.05) is 59.5 Å². The van der Waals surface area contributed by atoms with Crippen molar-refractivity contribution < 1.29 is 65.2 Å². The number of hydrogen-bond donors (Lipinski definition) is 1. The molecule has 338 valence electrons. The fraction of sp³-hybridized carbons (Fsp3) is 0.304. The zero-order valence-electron chi connectivity index (χ0n) is 34.6. The Balaban J connectivity index is 0.826. The molecule has 7 rings (SSSR count). The van der Waals surface area contributed by atoms with E-state index in [1.165, 1.54) is 30.3 Å². The van der Waals surface area contributed by atoms with Gasteiger partial charge >= 0.3 is 6.18 Å². The average Bonchev–Trinajstić information content (AvgIpc) is 3.53. The minimum Gasteiger partial charge on any atom is -0.493 e. The first-order valence-electron chi connectivity index (χ1n) is 20.3. The number of hydrogen-bond acceptors (Lipinski definition) is 13. The summed E-state index contributed by atoms with van der Waals surface area (Å²) in [7, 11) is 0. The Morgan fingerprint density at radius 2 is 1.49 bits per heavy atom. The number of nitrogens with one attached hydrogen (secondary N) is 1. The van der Waals surface area contributed by atoms with Crippen LogP contribution in [-0.4, -0.2) is 94.0 Å². The maximum atomic E-state index is 13.7. The predicted molar refractivity (Wildman–Crippen MR) is 226 cm³/mol. The van der Waals surface area contributed by atoms with E-state index in [2.05, 4.69) is 5.32 Å². The first kappa shape index (κ1) is 46.2. The predicted octanol–water partition coefficient (Wildman–Crippen LogP) is 6.98. The number of alkyl halides is 3. The zero-order chi connectivity index (χ0) is 46.3. The summed E-state index contributed by atoms with van der Waals surface area (Å²) in [5.41, 5.74) is -0.805. The molecule has 4 amide bonds. The lowest BCUT2D eigenvalue weighted by Crippen LogP contribution is -2.54. The number of ether oxygens (including phenoxy) is 6. The lowest BCUT2D eigenvalue weighted by Gasteiger charge is -2.27. The molecule has 0 radical (unpaired) electrons. The summed E-state index contributed by atoms with van der Waals surface area (Å²) in [6.45, 7) is 3.61. The quantitative estimate of drug-likeness (QED) is 0.0660. The monoisotopic (exact) mass is 917 g/mol. The lowest BCUT2D eigenvalue weighted by molar-refractivity contribution is -0.138. The van der Waals surface area contributed by atoms with Gasteiger partial charge in [0.2, 0.25) is 11.8 Å². The number of nitrogens with zero attached hydrogens (tertiary/aromatic N) is 2. The molecule has 2 aliphatic rings. The Kier molecular flexibility index (Phi) is 14.5. The third-order valence-corrected chi connectivity index (χ3v) is 10.5. The molecule has 1 N–H and O–H groups in total. The van der Waals surface area contributed by atoms with Gasteiger partial charge in [0.05, 0.1) is 85.0 Å². The fourth-order valence-corrected chi connectivity index (χ4v) is 7.45. The highest BCUT2D eigenvalue weighted by Gasteiger charge is 2.46. The summed E-state index contributed by atoms with van der Waals surface area (Å²) in [5.74, 6) is -1.54. The number of rotatable bonds is 19. The second-order valence-corrected chi connectivity index (χ2v) is 14.9. The van der Waals surface area contributed by atoms with Crippen molar-refractivity contribution in [3.63, 3.8) is 0 Å². The molecule has 1 saturated heterocycles. The Hall–Kier alpha value is -6.78. The van der Waals surface area contributed by atoms with Gasteiger partial charge < -0.3 is 32.8 Å². The zero-order valence-corrected chi connectivity index (χ0v) is 35.3. The van der Waals surface area contributed by atoms with Crippen LogP contribution in [0.15, 0.2) is 82.0 Å². The van der Waals surface area contributed by atoms with E-state index in [9.17, 15) is 42.4 Å². The molecular formula is C46H39ClF3N3O12. The van der Waals surface area contributed by atoms with Gasteiger partial charge in [-0.15, -0.1) is 0 Å². The topological polar surface area (TPSA) is 193 Å². The molecule has 2 aliphatic heterocycles. The van der Waals surface area contributed by atoms with Gasteiger partial charge in [-0.1, -0.05) is 17.7 Å². The van der Waals surface area contributed by atoms with Gasteiger partial charge in [0, 0.05) is 29.7 Å². The SMILES string of the molecule is CCOc1cc2oc(-c3ccc(OCCOCCOCCOCCOc4cccc5c4C(=O)N(C4CCC(=O)NC4=O)C5=O)cc3Cl)cc(=O)c2cc1-c1cc(C#N)cc(C(F)(F)F)c1. The number of carbonyl (C=O) groups excluding carboxylic acids is 4. The lowest BCUT2D eigenvalue weighted by atomic mass is 9.97. The maximum absolute atomic E-state index is 13.7. The molecule has 0 saturated carbocycles. The molecule has 19 heteroatoms. The summed E-state index contributed by atoms with van der Waals surface area (Å²) < 4.78 is 80.9. The van der Waals surface area contributed by atoms with Crippen LogP contribution in [0.5, 0.6) is 17.2 Å². The van der Waals surface area contributed by atoms with Crippen LogP contribution in [0.1, 0.15) is 51.6 Å². The van der Waals surface area contributed by atoms with Gasteiger partial charge in [-0.3, -0.25) is 34.2 Å². The molecule has 15 nitrogen and oxygen atoms in total. The van der Waals surface area contributed by atoms with Crippen molar-refractivity contribution in [1.29, 1.82) is 5.26 Å². The number of imide groups is 2. The summed E-state index contributed by atoms with van der Waals surface area (Å²) in [6.07, 6.45) is -4.64. The second kappa shape index (κ2) is 20.4. The minimum absolute atomic E-state index is 0.0190. The number of halogens is 4. The van der Waals surface area contributed by atoms with E-state index in [0.717, 1.165) is 17.0 Å². The summed E-state index contributed by atoms with van der Waals surface area (Å²) in [4.78, 5) is 64.3. The smallest absolute Gasteiger partial charge is 0.416 e. The molecule has 1 unspecified atom stereocenters. The fourth-order valence-electron chi connectivity index (χ4n) is 7.19. The van der Waals surface area contributed by atoms with Gasteiger partial charge in [-0.05, 0) is 73.5 Å². The van der Waals surface area contributed by atoms with Crippen LogP contribution in [0.2, 0.25) is 5.02 Å². The van der Waals surface area contributed by atoms with Crippen LogP contribution in [0.25, 0.3) is 33.4 Å². The van der Waals surface area contributed by atoms with Gasteiger partial charge in [0.1, 0.15) is 47.8 Å². The highest BCUT2D eigenvalue weighted by Crippen LogP contribution is 2.40. The van der Waals surface area contributed by atoms with E-state index >= 15 is 0 Å². The van der Waals surface area contributed by atoms with E-state index in [1.54, 1.807) is 43.3 Å². The van der Waals surface area contributed by atoms with E-state index in [-0.39, 0.29) is 133 Å². The Labute approximate surface area is 373 Å². The van der Waals surface area contributed by atoms with E-state index in [1.807, 2.05) is 0 Å². The first-order valence-corrected chi connectivity index (χ1v) is 20.7. The number of amides is 4. The molecule has 0 aliphatic carbocycles. The molecule has 65 heavy (non-hydrogen) atoms. The highest BCUT2D eigenvalue weighted by molar-refractivity contribution is 6.33. The Bertz CT molecular complexity index is 2750. The van der Waals surface area contributed by atoms with Crippen LogP contribution < -0.4 is 25.0 Å². The van der Waals surface area contributed by atoms with Crippen molar-refractivity contribution >= 4 is 46.2 Å². The molecule has 3 heterocycles. The number of fused-ring (bicyclic) bond motifs is 2. The molecule has 0 bridgehead atoms. The molecule has 1 atom stereocenters. The molecule has 5 aromatic rings. The van der Waals surface area contributed by atoms with Crippen LogP contribution in [0, 0.1) is 11.3 Å². The average molecular weight is 918 g/mol. The van der Waals surface area contributed by atoms with Crippen molar-refractivity contribution in [3.8, 4) is 45.8 Å². The highest BCUT2D eigenvalue weighted by atomic mass is 35.5. The minimum atomic E-state index is -4.71. The molecule has 1 fully saturated rings. The number of nitriles is 1. The molecule has 4 aromatic carbocycles. The van der Waals surface area contributed by atoms with E-state index < -0.39 is 46.8 Å². The normalized spacial score (nSPS) is 15.0. The van der Waals surface area contributed by atoms with E-state index in [4.69, 9.17) is 44.4 Å². The van der Waals surface area contributed by atoms with Crippen molar-refractivity contribution in [1.82, 2.24) is 10.2 Å². The third-order valence-electron chi connectivity index (χ3n) is 10.2. The number of benzene rings is 4. The van der Waals surface area contributed by atoms with Gasteiger partial charge in [-0.2, -0.15) is 18.4 Å². The summed E-state index contributed by atoms with van der Waals surface area (Å²) in [6, 6.07) is 17.1. The molecule has 1 aromatic heterocycles. The van der Waals surface area contributed by atoms with Gasteiger partial charge in [0.25, 0.3) is 11.8 Å². The van der Waals surface area contributed by atoms with Crippen LogP contribution in [-0.2, 0) is 30.0 Å². The third kappa shape index (κ3) is 10.6. The number of piperidine rings is 1. The number of carbonyl (C=O) groups is 4.